The van der Waals surface area contributed by atoms with E-state index in [1.54, 1.807) is 24.3 Å². The highest BCUT2D eigenvalue weighted by Crippen LogP contribution is 2.40. The van der Waals surface area contributed by atoms with Crippen LogP contribution in [0.1, 0.15) is 39.9 Å². The highest BCUT2D eigenvalue weighted by Gasteiger charge is 2.53. The second kappa shape index (κ2) is 7.96. The van der Waals surface area contributed by atoms with E-state index in [4.69, 9.17) is 0 Å². The van der Waals surface area contributed by atoms with Crippen LogP contribution < -0.4 is 10.6 Å². The molecule has 6 heteroatoms. The van der Waals surface area contributed by atoms with Gasteiger partial charge in [-0.1, -0.05) is 54.6 Å². The molecule has 160 valence electrons. The van der Waals surface area contributed by atoms with Gasteiger partial charge in [-0.15, -0.1) is 0 Å². The smallest absolute Gasteiger partial charge is 0.322 e. The summed E-state index contributed by atoms with van der Waals surface area (Å²) in [5.74, 6) is -0.420. The first-order chi connectivity index (χ1) is 15.6. The molecule has 3 aromatic rings. The standard InChI is InChI=1S/C26H23N3O3/c30-23(27-21-9-2-1-3-10-21)20-14-12-18(13-15-20)17-29-24(31)26(28-25(29)32)16-6-8-19-7-4-5-11-22(19)26/h1-5,7,9-15H,6,8,16-17H2,(H,27,30)(H,28,32)/t26-/m1/s1. The summed E-state index contributed by atoms with van der Waals surface area (Å²) in [7, 11) is 0. The number of amides is 4. The van der Waals surface area contributed by atoms with Crippen LogP contribution in [-0.2, 0) is 23.3 Å². The Kier molecular flexibility index (Phi) is 4.98. The van der Waals surface area contributed by atoms with Crippen molar-refractivity contribution in [1.82, 2.24) is 10.2 Å². The molecule has 4 amide bonds. The zero-order valence-corrected chi connectivity index (χ0v) is 17.5. The molecule has 1 aliphatic carbocycles. The maximum Gasteiger partial charge on any atom is 0.325 e. The first kappa shape index (κ1) is 20.0. The molecule has 1 fully saturated rings. The molecule has 0 bridgehead atoms. The van der Waals surface area contributed by atoms with Gasteiger partial charge in [0.2, 0.25) is 0 Å². The summed E-state index contributed by atoms with van der Waals surface area (Å²) in [6, 6.07) is 23.7. The quantitative estimate of drug-likeness (QED) is 0.615. The van der Waals surface area contributed by atoms with Crippen molar-refractivity contribution in [2.24, 2.45) is 0 Å². The molecule has 0 unspecified atom stereocenters. The molecule has 1 saturated heterocycles. The summed E-state index contributed by atoms with van der Waals surface area (Å²) >= 11 is 0. The van der Waals surface area contributed by atoms with Gasteiger partial charge in [0.05, 0.1) is 6.54 Å². The fraction of sp³-hybridized carbons (Fsp3) is 0.192. The summed E-state index contributed by atoms with van der Waals surface area (Å²) in [5.41, 5.74) is 3.06. The molecule has 0 aromatic heterocycles. The van der Waals surface area contributed by atoms with Crippen LogP contribution in [0, 0.1) is 0 Å². The molecular formula is C26H23N3O3. The lowest BCUT2D eigenvalue weighted by Gasteiger charge is -2.33. The van der Waals surface area contributed by atoms with Crippen molar-refractivity contribution in [2.75, 3.05) is 5.32 Å². The highest BCUT2D eigenvalue weighted by molar-refractivity contribution is 6.08. The number of hydrogen-bond donors (Lipinski definition) is 2. The van der Waals surface area contributed by atoms with E-state index in [2.05, 4.69) is 10.6 Å². The van der Waals surface area contributed by atoms with Gasteiger partial charge in [-0.25, -0.2) is 4.79 Å². The van der Waals surface area contributed by atoms with Gasteiger partial charge >= 0.3 is 6.03 Å². The van der Waals surface area contributed by atoms with Crippen molar-refractivity contribution in [3.05, 3.63) is 101 Å². The van der Waals surface area contributed by atoms with E-state index in [9.17, 15) is 14.4 Å². The third-order valence-electron chi connectivity index (χ3n) is 6.24. The lowest BCUT2D eigenvalue weighted by Crippen LogP contribution is -2.46. The predicted molar refractivity (Wildman–Crippen MR) is 121 cm³/mol. The Labute approximate surface area is 186 Å². The van der Waals surface area contributed by atoms with Crippen LogP contribution in [0.3, 0.4) is 0 Å². The Morgan fingerprint density at radius 3 is 2.44 bits per heavy atom. The van der Waals surface area contributed by atoms with Crippen molar-refractivity contribution < 1.29 is 14.4 Å². The van der Waals surface area contributed by atoms with E-state index >= 15 is 0 Å². The van der Waals surface area contributed by atoms with E-state index in [-0.39, 0.29) is 24.4 Å². The number of benzene rings is 3. The number of para-hydroxylation sites is 1. The molecular weight excluding hydrogens is 402 g/mol. The molecule has 1 atom stereocenters. The number of hydrogen-bond acceptors (Lipinski definition) is 3. The third-order valence-corrected chi connectivity index (χ3v) is 6.24. The summed E-state index contributed by atoms with van der Waals surface area (Å²) in [6.07, 6.45) is 2.36. The summed E-state index contributed by atoms with van der Waals surface area (Å²) < 4.78 is 0. The van der Waals surface area contributed by atoms with Gasteiger partial charge < -0.3 is 10.6 Å². The minimum absolute atomic E-state index is 0.162. The number of fused-ring (bicyclic) bond motifs is 2. The van der Waals surface area contributed by atoms with E-state index in [1.807, 2.05) is 54.6 Å². The van der Waals surface area contributed by atoms with Crippen LogP contribution in [0.2, 0.25) is 0 Å². The number of urea groups is 1. The van der Waals surface area contributed by atoms with Gasteiger partial charge in [-0.2, -0.15) is 0 Å². The van der Waals surface area contributed by atoms with E-state index in [0.717, 1.165) is 35.2 Å². The Balaban J connectivity index is 1.32. The molecule has 1 spiro atoms. The minimum Gasteiger partial charge on any atom is -0.322 e. The Bertz CT molecular complexity index is 1190. The van der Waals surface area contributed by atoms with Crippen LogP contribution >= 0.6 is 0 Å². The van der Waals surface area contributed by atoms with Crippen molar-refractivity contribution in [1.29, 1.82) is 0 Å². The average Bonchev–Trinajstić information content (AvgIpc) is 3.05. The monoisotopic (exact) mass is 425 g/mol. The number of carbonyl (C=O) groups excluding carboxylic acids is 3. The van der Waals surface area contributed by atoms with Crippen LogP contribution in [0.4, 0.5) is 10.5 Å². The van der Waals surface area contributed by atoms with Gasteiger partial charge in [0, 0.05) is 11.3 Å². The zero-order chi connectivity index (χ0) is 22.1. The van der Waals surface area contributed by atoms with Crippen molar-refractivity contribution >= 4 is 23.5 Å². The number of imide groups is 1. The van der Waals surface area contributed by atoms with Crippen molar-refractivity contribution in [2.45, 2.75) is 31.3 Å². The second-order valence-electron chi connectivity index (χ2n) is 8.25. The Morgan fingerprint density at radius 2 is 1.66 bits per heavy atom. The molecule has 0 radical (unpaired) electrons. The first-order valence-corrected chi connectivity index (χ1v) is 10.7. The molecule has 2 N–H and O–H groups in total. The predicted octanol–water partition coefficient (Wildman–Crippen LogP) is 4.22. The molecule has 32 heavy (non-hydrogen) atoms. The number of rotatable bonds is 4. The highest BCUT2D eigenvalue weighted by atomic mass is 16.2. The van der Waals surface area contributed by atoms with Gasteiger partial charge in [-0.05, 0) is 60.2 Å². The fourth-order valence-corrected chi connectivity index (χ4v) is 4.62. The SMILES string of the molecule is O=C(Nc1ccccc1)c1ccc(CN2C(=O)N[C@@]3(CCCc4ccccc43)C2=O)cc1. The number of nitrogens with one attached hydrogen (secondary N) is 2. The maximum atomic E-state index is 13.4. The van der Waals surface area contributed by atoms with Crippen LogP contribution in [-0.4, -0.2) is 22.7 Å². The van der Waals surface area contributed by atoms with Gasteiger partial charge in [0.1, 0.15) is 5.54 Å². The lowest BCUT2D eigenvalue weighted by molar-refractivity contribution is -0.132. The summed E-state index contributed by atoms with van der Waals surface area (Å²) in [6.45, 7) is 0.162. The molecule has 2 aliphatic rings. The molecule has 3 aromatic carbocycles. The first-order valence-electron chi connectivity index (χ1n) is 10.7. The normalized spacial score (nSPS) is 19.6. The molecule has 1 aliphatic heterocycles. The fourth-order valence-electron chi connectivity index (χ4n) is 4.62. The number of anilines is 1. The Morgan fingerprint density at radius 1 is 0.938 bits per heavy atom. The van der Waals surface area contributed by atoms with Gasteiger partial charge in [-0.3, -0.25) is 14.5 Å². The van der Waals surface area contributed by atoms with Crippen LogP contribution in [0.15, 0.2) is 78.9 Å². The third kappa shape index (κ3) is 3.43. The number of aryl methyl sites for hydroxylation is 1. The van der Waals surface area contributed by atoms with Gasteiger partial charge in [0.25, 0.3) is 11.8 Å². The lowest BCUT2D eigenvalue weighted by atomic mass is 9.76. The van der Waals surface area contributed by atoms with Crippen molar-refractivity contribution in [3.63, 3.8) is 0 Å². The van der Waals surface area contributed by atoms with Crippen LogP contribution in [0.25, 0.3) is 0 Å². The summed E-state index contributed by atoms with van der Waals surface area (Å²) in [5, 5.41) is 5.82. The molecule has 6 nitrogen and oxygen atoms in total. The molecule has 1 heterocycles. The van der Waals surface area contributed by atoms with E-state index in [0.29, 0.717) is 12.0 Å². The van der Waals surface area contributed by atoms with Gasteiger partial charge in [0.15, 0.2) is 0 Å². The molecule has 0 saturated carbocycles. The molecule has 5 rings (SSSR count). The zero-order valence-electron chi connectivity index (χ0n) is 17.5. The topological polar surface area (TPSA) is 78.5 Å². The average molecular weight is 425 g/mol. The maximum absolute atomic E-state index is 13.4. The van der Waals surface area contributed by atoms with E-state index in [1.165, 1.54) is 4.90 Å². The number of carbonyl (C=O) groups is 3. The minimum atomic E-state index is -0.971. The van der Waals surface area contributed by atoms with Crippen molar-refractivity contribution in [3.8, 4) is 0 Å². The van der Waals surface area contributed by atoms with E-state index < -0.39 is 5.54 Å². The largest absolute Gasteiger partial charge is 0.325 e. The number of nitrogens with zero attached hydrogens (tertiary/aromatic N) is 1. The Hall–Kier alpha value is -3.93. The summed E-state index contributed by atoms with van der Waals surface area (Å²) in [4.78, 5) is 39.9. The second-order valence-corrected chi connectivity index (χ2v) is 8.25. The van der Waals surface area contributed by atoms with Crippen LogP contribution in [0.5, 0.6) is 0 Å².